The topological polar surface area (TPSA) is 25.8 Å². The van der Waals surface area contributed by atoms with E-state index in [0.29, 0.717) is 0 Å². The second kappa shape index (κ2) is 40.1. The summed E-state index contributed by atoms with van der Waals surface area (Å²) in [7, 11) is 0. The summed E-state index contributed by atoms with van der Waals surface area (Å²) in [4.78, 5) is 8.08. The van der Waals surface area contributed by atoms with Crippen LogP contribution in [0, 0.1) is 136 Å². The van der Waals surface area contributed by atoms with Crippen molar-refractivity contribution in [1.82, 2.24) is 9.97 Å². The van der Waals surface area contributed by atoms with Crippen molar-refractivity contribution < 1.29 is 8.78 Å². The molecular weight excluding hydrogens is 931 g/mol. The van der Waals surface area contributed by atoms with Gasteiger partial charge in [0.05, 0.1) is 0 Å². The van der Waals surface area contributed by atoms with Gasteiger partial charge in [0, 0.05) is 23.8 Å². The molecule has 7 aromatic carbocycles. The van der Waals surface area contributed by atoms with E-state index in [1.807, 2.05) is 64.4 Å². The monoisotopic (exact) mass is 1020 g/mol. The van der Waals surface area contributed by atoms with Crippen LogP contribution in [0.2, 0.25) is 0 Å². The molecule has 76 heavy (non-hydrogen) atoms. The van der Waals surface area contributed by atoms with Crippen molar-refractivity contribution in [3.05, 3.63) is 306 Å². The molecule has 0 N–H and O–H groups in total. The van der Waals surface area contributed by atoms with Crippen molar-refractivity contribution in [3.8, 4) is 0 Å². The Kier molecular flexibility index (Phi) is 37.3. The second-order valence-corrected chi connectivity index (χ2v) is 19.2. The molecule has 0 bridgehead atoms. The lowest BCUT2D eigenvalue weighted by atomic mass is 10.1. The summed E-state index contributed by atoms with van der Waals surface area (Å²) in [5, 5.41) is 0. The van der Waals surface area contributed by atoms with Crippen LogP contribution in [0.1, 0.15) is 115 Å². The molecule has 406 valence electrons. The maximum absolute atomic E-state index is 12.5. The highest BCUT2D eigenvalue weighted by molar-refractivity contribution is 5.25. The smallest absolute Gasteiger partial charge is 0.126 e. The second-order valence-electron chi connectivity index (χ2n) is 19.2. The van der Waals surface area contributed by atoms with Gasteiger partial charge >= 0.3 is 0 Å². The number of nitrogens with zero attached hydrogens (tertiary/aromatic N) is 2. The molecule has 0 aliphatic carbocycles. The van der Waals surface area contributed by atoms with Gasteiger partial charge in [-0.05, 0) is 183 Å². The number of hydrogen-bond acceptors (Lipinski definition) is 2. The van der Waals surface area contributed by atoms with E-state index in [2.05, 4.69) is 227 Å². The fraction of sp³-hybridized carbons (Fsp3) is 0.278. The molecule has 0 fully saturated rings. The van der Waals surface area contributed by atoms with Crippen LogP contribution < -0.4 is 0 Å². The molecule has 4 heteroatoms. The Morgan fingerprint density at radius 3 is 0.526 bits per heavy atom. The molecule has 0 amide bonds. The van der Waals surface area contributed by atoms with E-state index in [-0.39, 0.29) is 26.5 Å². The van der Waals surface area contributed by atoms with E-state index in [1.54, 1.807) is 26.0 Å². The first kappa shape index (κ1) is 70.8. The molecule has 9 aromatic rings. The summed E-state index contributed by atoms with van der Waals surface area (Å²) < 4.78 is 25.0. The number of aromatic nitrogens is 2. The number of aryl methyl sites for hydroxylation is 18. The number of pyridine rings is 2. The summed E-state index contributed by atoms with van der Waals surface area (Å²) in [6.45, 7) is 36.6. The molecule has 0 spiro atoms. The van der Waals surface area contributed by atoms with Gasteiger partial charge in [0.25, 0.3) is 0 Å². The van der Waals surface area contributed by atoms with Crippen LogP contribution in [0.5, 0.6) is 0 Å². The summed E-state index contributed by atoms with van der Waals surface area (Å²) in [6.07, 6.45) is 3.65. The average Bonchev–Trinajstić information content (AvgIpc) is 3.30. The molecular formula is C72H94F2N2. The van der Waals surface area contributed by atoms with Crippen LogP contribution in [0.25, 0.3) is 0 Å². The summed E-state index contributed by atoms with van der Waals surface area (Å²) in [5.41, 5.74) is 21.8. The minimum absolute atomic E-state index is 0. The van der Waals surface area contributed by atoms with E-state index >= 15 is 0 Å². The average molecular weight is 1030 g/mol. The molecule has 0 unspecified atom stereocenters. The van der Waals surface area contributed by atoms with Gasteiger partial charge in [-0.1, -0.05) is 227 Å². The van der Waals surface area contributed by atoms with Gasteiger partial charge in [0.2, 0.25) is 0 Å². The van der Waals surface area contributed by atoms with Crippen LogP contribution in [0.15, 0.2) is 194 Å². The van der Waals surface area contributed by atoms with Crippen molar-refractivity contribution in [1.29, 1.82) is 0 Å². The van der Waals surface area contributed by atoms with E-state index in [0.717, 1.165) is 33.6 Å². The summed E-state index contributed by atoms with van der Waals surface area (Å²) >= 11 is 0. The molecule has 0 radical (unpaired) electrons. The van der Waals surface area contributed by atoms with E-state index in [4.69, 9.17) is 0 Å². The molecule has 2 aromatic heterocycles. The Balaban J connectivity index is 0. The van der Waals surface area contributed by atoms with Gasteiger partial charge in [-0.15, -0.1) is 0 Å². The van der Waals surface area contributed by atoms with Crippen LogP contribution >= 0.6 is 0 Å². The normalized spacial score (nSPS) is 9.11. The predicted molar refractivity (Wildman–Crippen MR) is 332 cm³/mol. The fourth-order valence-corrected chi connectivity index (χ4v) is 7.00. The highest BCUT2D eigenvalue weighted by atomic mass is 19.1. The quantitative estimate of drug-likeness (QED) is 0.151. The third kappa shape index (κ3) is 36.6. The maximum Gasteiger partial charge on any atom is 0.126 e. The fourth-order valence-electron chi connectivity index (χ4n) is 7.00. The first-order chi connectivity index (χ1) is 34.9. The van der Waals surface area contributed by atoms with Crippen molar-refractivity contribution in [3.63, 3.8) is 0 Å². The van der Waals surface area contributed by atoms with Crippen LogP contribution in [0.3, 0.4) is 0 Å². The Morgan fingerprint density at radius 2 is 0.408 bits per heavy atom. The molecule has 0 aliphatic heterocycles. The number of halogens is 2. The molecule has 0 atom stereocenters. The van der Waals surface area contributed by atoms with Crippen molar-refractivity contribution in [2.45, 2.75) is 139 Å². The van der Waals surface area contributed by atoms with E-state index in [9.17, 15) is 8.78 Å². The summed E-state index contributed by atoms with van der Waals surface area (Å²) in [5.74, 6) is -0.249. The van der Waals surface area contributed by atoms with E-state index in [1.165, 1.54) is 78.9 Å². The van der Waals surface area contributed by atoms with E-state index < -0.39 is 0 Å². The highest BCUT2D eigenvalue weighted by Crippen LogP contribution is 2.09. The minimum atomic E-state index is -0.124. The third-order valence-electron chi connectivity index (χ3n) is 10.6. The molecule has 2 heterocycles. The minimum Gasteiger partial charge on any atom is -0.262 e. The molecule has 0 saturated heterocycles. The first-order valence-corrected chi connectivity index (χ1v) is 25.3. The Hall–Kier alpha value is -7.30. The summed E-state index contributed by atoms with van der Waals surface area (Å²) in [6, 6.07) is 60.5. The Morgan fingerprint density at radius 1 is 0.224 bits per heavy atom. The van der Waals surface area contributed by atoms with Crippen LogP contribution in [-0.4, -0.2) is 9.97 Å². The SMILES string of the molecule is C.C.Cc1ccc(F)c(C)c1.Cc1ccc(F)c(C)c1.Cc1cccc(C)c1.Cc1cccc(C)c1.Cc1cccc(C)c1.Cc1cccc(C)c1.Cc1cccc(C)c1.Cc1ccnc(C)c1.Cc1ccnc(C)c1. The van der Waals surface area contributed by atoms with Gasteiger partial charge < -0.3 is 0 Å². The third-order valence-corrected chi connectivity index (χ3v) is 10.6. The lowest BCUT2D eigenvalue weighted by Gasteiger charge is -1.95. The molecule has 2 nitrogen and oxygen atoms in total. The number of rotatable bonds is 0. The van der Waals surface area contributed by atoms with Gasteiger partial charge in [-0.25, -0.2) is 8.78 Å². The zero-order valence-electron chi connectivity index (χ0n) is 48.1. The van der Waals surface area contributed by atoms with Crippen molar-refractivity contribution in [2.75, 3.05) is 0 Å². The lowest BCUT2D eigenvalue weighted by molar-refractivity contribution is 0.617. The predicted octanol–water partition coefficient (Wildman–Crippen LogP) is 21.1. The highest BCUT2D eigenvalue weighted by Gasteiger charge is 1.94. The standard InChI is InChI=1S/2C8H9F.5C8H10.2C7H9N.2CH4/c2*1-6-3-4-8(9)7(2)5-6;5*1-7-4-3-5-8(2)6-7;2*1-6-3-4-8-7(2)5-6;;/h2*3-5H,1-2H3;5*3-6H,1-2H3;2*3-5H,1-2H3;2*1H4. The molecule has 0 saturated carbocycles. The molecule has 9 rings (SSSR count). The lowest BCUT2D eigenvalue weighted by Crippen LogP contribution is -1.81. The van der Waals surface area contributed by atoms with Gasteiger partial charge in [-0.3, -0.25) is 9.97 Å². The van der Waals surface area contributed by atoms with Gasteiger partial charge in [0.1, 0.15) is 11.6 Å². The van der Waals surface area contributed by atoms with Crippen molar-refractivity contribution in [2.24, 2.45) is 0 Å². The Labute approximate surface area is 462 Å². The molecule has 0 aliphatic rings. The number of hydrogen-bond donors (Lipinski definition) is 0. The van der Waals surface area contributed by atoms with Crippen LogP contribution in [0.4, 0.5) is 8.78 Å². The Bertz CT molecular complexity index is 2370. The van der Waals surface area contributed by atoms with Crippen LogP contribution in [-0.2, 0) is 0 Å². The van der Waals surface area contributed by atoms with Crippen molar-refractivity contribution >= 4 is 0 Å². The largest absolute Gasteiger partial charge is 0.262 e. The number of benzene rings is 7. The zero-order valence-corrected chi connectivity index (χ0v) is 48.1. The zero-order chi connectivity index (χ0) is 55.6. The van der Waals surface area contributed by atoms with Gasteiger partial charge in [0.15, 0.2) is 0 Å². The van der Waals surface area contributed by atoms with Gasteiger partial charge in [-0.2, -0.15) is 0 Å². The maximum atomic E-state index is 12.5. The first-order valence-electron chi connectivity index (χ1n) is 25.3.